The van der Waals surface area contributed by atoms with Crippen LogP contribution < -0.4 is 10.6 Å². The SMILES string of the molecule is OCCOCCNC1CCNC1. The Morgan fingerprint density at radius 1 is 1.50 bits per heavy atom. The minimum atomic E-state index is 0.116. The summed E-state index contributed by atoms with van der Waals surface area (Å²) in [5.41, 5.74) is 0. The molecule has 0 radical (unpaired) electrons. The Bertz CT molecular complexity index is 105. The number of aliphatic hydroxyl groups excluding tert-OH is 1. The van der Waals surface area contributed by atoms with Crippen molar-refractivity contribution in [2.24, 2.45) is 0 Å². The first-order valence-corrected chi connectivity index (χ1v) is 4.56. The van der Waals surface area contributed by atoms with Crippen molar-refractivity contribution < 1.29 is 9.84 Å². The van der Waals surface area contributed by atoms with Crippen molar-refractivity contribution in [2.75, 3.05) is 39.5 Å². The van der Waals surface area contributed by atoms with Crippen LogP contribution in [0.15, 0.2) is 0 Å². The predicted molar refractivity (Wildman–Crippen MR) is 47.2 cm³/mol. The zero-order chi connectivity index (χ0) is 8.65. The van der Waals surface area contributed by atoms with E-state index in [-0.39, 0.29) is 6.61 Å². The van der Waals surface area contributed by atoms with Gasteiger partial charge in [-0.05, 0) is 13.0 Å². The van der Waals surface area contributed by atoms with Crippen molar-refractivity contribution >= 4 is 0 Å². The summed E-state index contributed by atoms with van der Waals surface area (Å²) < 4.78 is 5.11. The van der Waals surface area contributed by atoms with Gasteiger partial charge in [-0.15, -0.1) is 0 Å². The average Bonchev–Trinajstić information content (AvgIpc) is 2.57. The zero-order valence-corrected chi connectivity index (χ0v) is 7.38. The van der Waals surface area contributed by atoms with Gasteiger partial charge in [0.2, 0.25) is 0 Å². The smallest absolute Gasteiger partial charge is 0.0698 e. The number of hydrogen-bond acceptors (Lipinski definition) is 4. The fraction of sp³-hybridized carbons (Fsp3) is 1.00. The molecule has 1 atom stereocenters. The lowest BCUT2D eigenvalue weighted by atomic mass is 10.3. The molecular weight excluding hydrogens is 156 g/mol. The maximum Gasteiger partial charge on any atom is 0.0698 e. The van der Waals surface area contributed by atoms with Gasteiger partial charge in [-0.1, -0.05) is 0 Å². The topological polar surface area (TPSA) is 53.5 Å². The summed E-state index contributed by atoms with van der Waals surface area (Å²) in [6.45, 7) is 4.33. The van der Waals surface area contributed by atoms with Gasteiger partial charge in [-0.3, -0.25) is 0 Å². The van der Waals surface area contributed by atoms with Crippen LogP contribution in [0, 0.1) is 0 Å². The molecule has 0 amide bonds. The quantitative estimate of drug-likeness (QED) is 0.450. The second kappa shape index (κ2) is 6.37. The van der Waals surface area contributed by atoms with Gasteiger partial charge in [-0.2, -0.15) is 0 Å². The molecular formula is C8H18N2O2. The van der Waals surface area contributed by atoms with Crippen LogP contribution in [0.3, 0.4) is 0 Å². The van der Waals surface area contributed by atoms with Crippen molar-refractivity contribution in [3.05, 3.63) is 0 Å². The van der Waals surface area contributed by atoms with Gasteiger partial charge in [0.15, 0.2) is 0 Å². The number of nitrogens with one attached hydrogen (secondary N) is 2. The Balaban J connectivity index is 1.81. The van der Waals surface area contributed by atoms with Crippen LogP contribution in [0.2, 0.25) is 0 Å². The fourth-order valence-electron chi connectivity index (χ4n) is 1.33. The van der Waals surface area contributed by atoms with Gasteiger partial charge in [0.05, 0.1) is 19.8 Å². The molecule has 0 aromatic heterocycles. The van der Waals surface area contributed by atoms with E-state index in [1.165, 1.54) is 6.42 Å². The third-order valence-corrected chi connectivity index (χ3v) is 1.98. The third kappa shape index (κ3) is 4.01. The molecule has 72 valence electrons. The van der Waals surface area contributed by atoms with Crippen LogP contribution in [-0.2, 0) is 4.74 Å². The van der Waals surface area contributed by atoms with Gasteiger partial charge in [-0.25, -0.2) is 0 Å². The van der Waals surface area contributed by atoms with E-state index in [1.54, 1.807) is 0 Å². The Morgan fingerprint density at radius 2 is 2.42 bits per heavy atom. The molecule has 0 aromatic rings. The lowest BCUT2D eigenvalue weighted by Gasteiger charge is -2.10. The van der Waals surface area contributed by atoms with Crippen LogP contribution in [0.1, 0.15) is 6.42 Å². The summed E-state index contributed by atoms with van der Waals surface area (Å²) >= 11 is 0. The van der Waals surface area contributed by atoms with Gasteiger partial charge >= 0.3 is 0 Å². The molecule has 1 rings (SSSR count). The summed E-state index contributed by atoms with van der Waals surface area (Å²) in [4.78, 5) is 0. The first-order chi connectivity index (χ1) is 5.93. The molecule has 1 fully saturated rings. The normalized spacial score (nSPS) is 23.2. The van der Waals surface area contributed by atoms with E-state index >= 15 is 0 Å². The summed E-state index contributed by atoms with van der Waals surface area (Å²) in [5, 5.41) is 15.1. The highest BCUT2D eigenvalue weighted by Gasteiger charge is 2.12. The molecule has 0 spiro atoms. The zero-order valence-electron chi connectivity index (χ0n) is 7.38. The van der Waals surface area contributed by atoms with Gasteiger partial charge in [0.1, 0.15) is 0 Å². The summed E-state index contributed by atoms with van der Waals surface area (Å²) in [7, 11) is 0. The number of ether oxygens (including phenoxy) is 1. The second-order valence-corrected chi connectivity index (χ2v) is 2.98. The molecule has 3 N–H and O–H groups in total. The van der Waals surface area contributed by atoms with E-state index in [9.17, 15) is 0 Å². The van der Waals surface area contributed by atoms with E-state index in [4.69, 9.17) is 9.84 Å². The molecule has 1 saturated heterocycles. The first-order valence-electron chi connectivity index (χ1n) is 4.56. The van der Waals surface area contributed by atoms with E-state index in [0.717, 1.165) is 19.6 Å². The number of rotatable bonds is 6. The van der Waals surface area contributed by atoms with Crippen molar-refractivity contribution in [1.29, 1.82) is 0 Å². The van der Waals surface area contributed by atoms with Gasteiger partial charge in [0, 0.05) is 19.1 Å². The molecule has 0 bridgehead atoms. The molecule has 0 aliphatic carbocycles. The highest BCUT2D eigenvalue weighted by Crippen LogP contribution is 1.95. The Hall–Kier alpha value is -0.160. The van der Waals surface area contributed by atoms with E-state index in [0.29, 0.717) is 19.3 Å². The van der Waals surface area contributed by atoms with Gasteiger partial charge < -0.3 is 20.5 Å². The maximum absolute atomic E-state index is 8.42. The largest absolute Gasteiger partial charge is 0.394 e. The predicted octanol–water partition coefficient (Wildman–Crippen LogP) is -1.05. The molecule has 0 aromatic carbocycles. The third-order valence-electron chi connectivity index (χ3n) is 1.98. The lowest BCUT2D eigenvalue weighted by molar-refractivity contribution is 0.0928. The Labute approximate surface area is 73.3 Å². The van der Waals surface area contributed by atoms with Crippen molar-refractivity contribution in [2.45, 2.75) is 12.5 Å². The summed E-state index contributed by atoms with van der Waals surface area (Å²) in [6, 6.07) is 0.614. The molecule has 0 saturated carbocycles. The Morgan fingerprint density at radius 3 is 3.08 bits per heavy atom. The van der Waals surface area contributed by atoms with Gasteiger partial charge in [0.25, 0.3) is 0 Å². The van der Waals surface area contributed by atoms with Crippen LogP contribution in [0.4, 0.5) is 0 Å². The lowest BCUT2D eigenvalue weighted by Crippen LogP contribution is -2.33. The minimum Gasteiger partial charge on any atom is -0.394 e. The highest BCUT2D eigenvalue weighted by molar-refractivity contribution is 4.76. The molecule has 1 unspecified atom stereocenters. The van der Waals surface area contributed by atoms with E-state index in [2.05, 4.69) is 10.6 Å². The summed E-state index contributed by atoms with van der Waals surface area (Å²) in [5.74, 6) is 0. The Kier molecular flexibility index (Phi) is 5.27. The van der Waals surface area contributed by atoms with Crippen molar-refractivity contribution in [3.63, 3.8) is 0 Å². The second-order valence-electron chi connectivity index (χ2n) is 2.98. The van der Waals surface area contributed by atoms with Crippen LogP contribution in [0.5, 0.6) is 0 Å². The van der Waals surface area contributed by atoms with Crippen molar-refractivity contribution in [1.82, 2.24) is 10.6 Å². The first kappa shape index (κ1) is 9.92. The number of aliphatic hydroxyl groups is 1. The minimum absolute atomic E-state index is 0.116. The van der Waals surface area contributed by atoms with Crippen molar-refractivity contribution in [3.8, 4) is 0 Å². The molecule has 1 aliphatic rings. The summed E-state index contributed by atoms with van der Waals surface area (Å²) in [6.07, 6.45) is 1.21. The van der Waals surface area contributed by atoms with E-state index in [1.807, 2.05) is 0 Å². The monoisotopic (exact) mass is 174 g/mol. The molecule has 4 nitrogen and oxygen atoms in total. The average molecular weight is 174 g/mol. The highest BCUT2D eigenvalue weighted by atomic mass is 16.5. The molecule has 4 heteroatoms. The van der Waals surface area contributed by atoms with Crippen LogP contribution in [0.25, 0.3) is 0 Å². The standard InChI is InChI=1S/C8H18N2O2/c11-4-6-12-5-3-10-8-1-2-9-7-8/h8-11H,1-7H2. The fourth-order valence-corrected chi connectivity index (χ4v) is 1.33. The molecule has 1 heterocycles. The van der Waals surface area contributed by atoms with E-state index < -0.39 is 0 Å². The molecule has 1 aliphatic heterocycles. The van der Waals surface area contributed by atoms with Crippen LogP contribution >= 0.6 is 0 Å². The maximum atomic E-state index is 8.42. The molecule has 12 heavy (non-hydrogen) atoms. The van der Waals surface area contributed by atoms with Crippen LogP contribution in [-0.4, -0.2) is 50.6 Å². The number of hydrogen-bond donors (Lipinski definition) is 3.